The summed E-state index contributed by atoms with van der Waals surface area (Å²) in [6.45, 7) is 0.263. The van der Waals surface area contributed by atoms with Crippen LogP contribution >= 0.6 is 0 Å². The van der Waals surface area contributed by atoms with E-state index < -0.39 is 16.2 Å². The Kier molecular flexibility index (Phi) is 8.80. The van der Waals surface area contributed by atoms with Gasteiger partial charge in [-0.05, 0) is 42.0 Å². The monoisotopic (exact) mass is 486 g/mol. The summed E-state index contributed by atoms with van der Waals surface area (Å²) in [5, 5.41) is 13.6. The molecule has 0 aliphatic heterocycles. The lowest BCUT2D eigenvalue weighted by Crippen LogP contribution is -2.30. The van der Waals surface area contributed by atoms with Crippen molar-refractivity contribution in [2.75, 3.05) is 0 Å². The van der Waals surface area contributed by atoms with Gasteiger partial charge in [-0.3, -0.25) is 0 Å². The normalized spacial score (nSPS) is 14.2. The number of carboxylic acids is 1. The van der Waals surface area contributed by atoms with Gasteiger partial charge in [-0.25, -0.2) is 24.3 Å². The van der Waals surface area contributed by atoms with Gasteiger partial charge in [0.15, 0.2) is 5.82 Å². The van der Waals surface area contributed by atoms with Crippen LogP contribution in [0.3, 0.4) is 0 Å². The molecule has 0 bridgehead atoms. The number of nitrogens with one attached hydrogen (secondary N) is 1. The van der Waals surface area contributed by atoms with Crippen LogP contribution in [0, 0.1) is 5.82 Å². The molecule has 1 aliphatic carbocycles. The molecule has 1 aliphatic rings. The summed E-state index contributed by atoms with van der Waals surface area (Å²) in [6, 6.07) is 13.9. The second-order valence-electron chi connectivity index (χ2n) is 8.06. The molecular weight excluding hydrogens is 459 g/mol. The molecule has 0 unspecified atom stereocenters. The smallest absolute Gasteiger partial charge is 0.338 e. The lowest BCUT2D eigenvalue weighted by molar-refractivity contribution is 0.0696. The molecular formula is C24H27FN4O4S. The quantitative estimate of drug-likeness (QED) is 0.482. The molecule has 0 amide bonds. The summed E-state index contributed by atoms with van der Waals surface area (Å²) in [7, 11) is -3.61. The predicted octanol–water partition coefficient (Wildman–Crippen LogP) is 4.01. The highest BCUT2D eigenvalue weighted by Crippen LogP contribution is 2.32. The predicted molar refractivity (Wildman–Crippen MR) is 127 cm³/mol. The van der Waals surface area contributed by atoms with E-state index in [1.807, 2.05) is 12.1 Å². The zero-order valence-electron chi connectivity index (χ0n) is 18.5. The number of aromatic nitrogens is 2. The highest BCUT2D eigenvalue weighted by molar-refractivity contribution is 7.87. The lowest BCUT2D eigenvalue weighted by atomic mass is 9.84. The van der Waals surface area contributed by atoms with Crippen LogP contribution in [0.1, 0.15) is 59.5 Å². The Labute approximate surface area is 198 Å². The van der Waals surface area contributed by atoms with Crippen molar-refractivity contribution in [2.24, 2.45) is 5.14 Å². The van der Waals surface area contributed by atoms with Gasteiger partial charge in [0.1, 0.15) is 5.82 Å². The van der Waals surface area contributed by atoms with Crippen molar-refractivity contribution in [3.05, 3.63) is 83.4 Å². The minimum Gasteiger partial charge on any atom is -0.478 e. The highest BCUT2D eigenvalue weighted by Gasteiger charge is 2.15. The fraction of sp³-hybridized carbons (Fsp3) is 0.292. The van der Waals surface area contributed by atoms with E-state index in [-0.39, 0.29) is 17.9 Å². The molecule has 0 atom stereocenters. The van der Waals surface area contributed by atoms with Crippen molar-refractivity contribution in [1.29, 1.82) is 0 Å². The minimum atomic E-state index is -3.61. The standard InChI is InChI=1S/C13H20N2O2S.C11H7FN2O2/c14-18(16,17)15-10-11-5-4-8-13(9-11)12-6-2-1-3-7-12;12-9-3-1-2-7(4-9)10-13-5-8(6-14-10)11(15)16/h4-5,8-9,12,15H,1-3,6-7,10H2,(H2,14,16,17);1-6H,(H,15,16). The van der Waals surface area contributed by atoms with Gasteiger partial charge in [-0.15, -0.1) is 0 Å². The third-order valence-electron chi connectivity index (χ3n) is 5.49. The number of halogens is 1. The number of hydrogen-bond acceptors (Lipinski definition) is 5. The van der Waals surface area contributed by atoms with E-state index in [9.17, 15) is 17.6 Å². The van der Waals surface area contributed by atoms with Crippen LogP contribution in [-0.2, 0) is 16.8 Å². The third kappa shape index (κ3) is 7.98. The number of aromatic carboxylic acids is 1. The van der Waals surface area contributed by atoms with Crippen molar-refractivity contribution >= 4 is 16.2 Å². The molecule has 34 heavy (non-hydrogen) atoms. The molecule has 2 aromatic carbocycles. The molecule has 1 fully saturated rings. The number of nitrogens with two attached hydrogens (primary N) is 1. The number of nitrogens with zero attached hydrogens (tertiary/aromatic N) is 2. The largest absolute Gasteiger partial charge is 0.478 e. The Morgan fingerprint density at radius 3 is 2.35 bits per heavy atom. The fourth-order valence-electron chi connectivity index (χ4n) is 3.79. The second-order valence-corrected chi connectivity index (χ2v) is 9.44. The summed E-state index contributed by atoms with van der Waals surface area (Å²) in [4.78, 5) is 18.3. The Bertz CT molecular complexity index is 1210. The number of hydrogen-bond donors (Lipinski definition) is 3. The molecule has 8 nitrogen and oxygen atoms in total. The van der Waals surface area contributed by atoms with Crippen LogP contribution in [0.5, 0.6) is 0 Å². The van der Waals surface area contributed by atoms with Crippen LogP contribution in [0.2, 0.25) is 0 Å². The van der Waals surface area contributed by atoms with E-state index in [0.29, 0.717) is 17.3 Å². The molecule has 0 saturated heterocycles. The van der Waals surface area contributed by atoms with Gasteiger partial charge in [0.2, 0.25) is 0 Å². The number of benzene rings is 2. The molecule has 3 aromatic rings. The third-order valence-corrected chi connectivity index (χ3v) is 6.03. The van der Waals surface area contributed by atoms with E-state index in [1.54, 1.807) is 12.1 Å². The molecule has 10 heteroatoms. The van der Waals surface area contributed by atoms with Crippen molar-refractivity contribution in [1.82, 2.24) is 14.7 Å². The van der Waals surface area contributed by atoms with Crippen LogP contribution in [0.4, 0.5) is 4.39 Å². The van der Waals surface area contributed by atoms with E-state index in [4.69, 9.17) is 10.2 Å². The van der Waals surface area contributed by atoms with Crippen molar-refractivity contribution < 1.29 is 22.7 Å². The summed E-state index contributed by atoms with van der Waals surface area (Å²) < 4.78 is 36.9. The average molecular weight is 487 g/mol. The van der Waals surface area contributed by atoms with Crippen molar-refractivity contribution in [3.8, 4) is 11.4 Å². The van der Waals surface area contributed by atoms with Gasteiger partial charge >= 0.3 is 5.97 Å². The zero-order chi connectivity index (χ0) is 24.6. The maximum absolute atomic E-state index is 12.9. The minimum absolute atomic E-state index is 0.000142. The first-order valence-corrected chi connectivity index (χ1v) is 12.4. The van der Waals surface area contributed by atoms with E-state index in [0.717, 1.165) is 5.56 Å². The number of carboxylic acid groups (broad SMARTS) is 1. The summed E-state index contributed by atoms with van der Waals surface area (Å²) in [5.74, 6) is -0.549. The van der Waals surface area contributed by atoms with Gasteiger partial charge in [0.05, 0.1) is 5.56 Å². The van der Waals surface area contributed by atoms with Crippen molar-refractivity contribution in [3.63, 3.8) is 0 Å². The van der Waals surface area contributed by atoms with Crippen LogP contribution in [0.25, 0.3) is 11.4 Å². The maximum Gasteiger partial charge on any atom is 0.338 e. The molecule has 1 heterocycles. The fourth-order valence-corrected chi connectivity index (χ4v) is 4.16. The van der Waals surface area contributed by atoms with E-state index in [2.05, 4.69) is 26.8 Å². The molecule has 0 spiro atoms. The first-order valence-electron chi connectivity index (χ1n) is 10.9. The molecule has 1 saturated carbocycles. The summed E-state index contributed by atoms with van der Waals surface area (Å²) in [6.07, 6.45) is 8.79. The first-order chi connectivity index (χ1) is 16.2. The zero-order valence-corrected chi connectivity index (χ0v) is 19.3. The lowest BCUT2D eigenvalue weighted by Gasteiger charge is -2.22. The van der Waals surface area contributed by atoms with E-state index >= 15 is 0 Å². The topological polar surface area (TPSA) is 135 Å². The molecule has 4 rings (SSSR count). The highest BCUT2D eigenvalue weighted by atomic mass is 32.2. The van der Waals surface area contributed by atoms with Gasteiger partial charge in [-0.1, -0.05) is 55.7 Å². The number of rotatable bonds is 6. The SMILES string of the molecule is NS(=O)(=O)NCc1cccc(C2CCCCC2)c1.O=C(O)c1cnc(-c2cccc(F)c2)nc1. The first kappa shape index (κ1) is 25.4. The van der Waals surface area contributed by atoms with Gasteiger partial charge < -0.3 is 5.11 Å². The van der Waals surface area contributed by atoms with Crippen molar-refractivity contribution in [2.45, 2.75) is 44.6 Å². The van der Waals surface area contributed by atoms with Gasteiger partial charge in [-0.2, -0.15) is 13.1 Å². The summed E-state index contributed by atoms with van der Waals surface area (Å²) in [5.41, 5.74) is 2.80. The van der Waals surface area contributed by atoms with Crippen LogP contribution in [-0.4, -0.2) is 29.5 Å². The van der Waals surface area contributed by atoms with E-state index in [1.165, 1.54) is 62.2 Å². The van der Waals surface area contributed by atoms with Gasteiger partial charge in [0.25, 0.3) is 10.2 Å². The summed E-state index contributed by atoms with van der Waals surface area (Å²) >= 11 is 0. The molecule has 1 aromatic heterocycles. The van der Waals surface area contributed by atoms with Crippen LogP contribution < -0.4 is 9.86 Å². The van der Waals surface area contributed by atoms with Gasteiger partial charge in [0, 0.05) is 24.5 Å². The second kappa shape index (κ2) is 11.8. The Morgan fingerprint density at radius 1 is 1.06 bits per heavy atom. The Hall–Kier alpha value is -3.21. The van der Waals surface area contributed by atoms with Crippen LogP contribution in [0.15, 0.2) is 60.9 Å². The average Bonchev–Trinajstić information content (AvgIpc) is 2.84. The maximum atomic E-state index is 12.9. The molecule has 0 radical (unpaired) electrons. The molecule has 180 valence electrons. The number of carbonyl (C=O) groups is 1. The Morgan fingerprint density at radius 2 is 1.74 bits per heavy atom. The molecule has 4 N–H and O–H groups in total. The Balaban J connectivity index is 0.000000192.